The molecule has 1 aromatic carbocycles. The number of nitro groups is 1. The van der Waals surface area contributed by atoms with Crippen LogP contribution in [0.4, 0.5) is 5.69 Å². The number of ether oxygens (including phenoxy) is 1. The van der Waals surface area contributed by atoms with Crippen molar-refractivity contribution in [3.8, 4) is 5.75 Å². The van der Waals surface area contributed by atoms with E-state index in [1.165, 1.54) is 19.0 Å². The Bertz CT molecular complexity index is 393. The predicted molar refractivity (Wildman–Crippen MR) is 53.3 cm³/mol. The largest absolute Gasteiger partial charge is 0.446 e. The van der Waals surface area contributed by atoms with E-state index in [9.17, 15) is 19.9 Å². The highest BCUT2D eigenvalue weighted by Crippen LogP contribution is 2.17. The van der Waals surface area contributed by atoms with Crippen LogP contribution in [0.2, 0.25) is 6.82 Å². The minimum absolute atomic E-state index is 0.0705. The van der Waals surface area contributed by atoms with Crippen LogP contribution >= 0.6 is 0 Å². The van der Waals surface area contributed by atoms with Crippen molar-refractivity contribution in [1.82, 2.24) is 0 Å². The zero-order valence-corrected chi connectivity index (χ0v) is 7.91. The van der Waals surface area contributed by atoms with Gasteiger partial charge < -0.3 is 9.76 Å². The molecule has 1 rings (SSSR count). The maximum Gasteiger partial charge on any atom is 0.327 e. The van der Waals surface area contributed by atoms with Gasteiger partial charge in [0.15, 0.2) is 0 Å². The molecule has 0 radical (unpaired) electrons. The second-order valence-corrected chi connectivity index (χ2v) is 2.87. The van der Waals surface area contributed by atoms with Crippen LogP contribution in [0.3, 0.4) is 0 Å². The van der Waals surface area contributed by atoms with Gasteiger partial charge in [0.2, 0.25) is 0 Å². The molecule has 0 spiro atoms. The van der Waals surface area contributed by atoms with Gasteiger partial charge in [0.05, 0.1) is 11.0 Å². The van der Waals surface area contributed by atoms with Crippen molar-refractivity contribution in [2.75, 3.05) is 0 Å². The second-order valence-electron chi connectivity index (χ2n) is 2.87. The predicted octanol–water partition coefficient (Wildman–Crippen LogP) is -0.0494. The van der Waals surface area contributed by atoms with E-state index in [0.717, 1.165) is 6.07 Å². The van der Waals surface area contributed by atoms with Crippen LogP contribution in [0, 0.1) is 10.1 Å². The molecule has 0 aliphatic heterocycles. The molecule has 0 heterocycles. The maximum absolute atomic E-state index is 10.6. The van der Waals surface area contributed by atoms with Gasteiger partial charge >= 0.3 is 6.92 Å². The molecule has 78 valence electrons. The summed E-state index contributed by atoms with van der Waals surface area (Å²) in [5.41, 5.74) is -0.0948. The van der Waals surface area contributed by atoms with Crippen molar-refractivity contribution in [2.45, 2.75) is 6.82 Å². The van der Waals surface area contributed by atoms with Crippen molar-refractivity contribution in [1.29, 1.82) is 0 Å². The van der Waals surface area contributed by atoms with Crippen LogP contribution in [0.25, 0.3) is 0 Å². The number of hydrogen-bond acceptors (Lipinski definition) is 5. The lowest BCUT2D eigenvalue weighted by atomic mass is 9.63. The van der Waals surface area contributed by atoms with Gasteiger partial charge in [0.25, 0.3) is 12.2 Å². The van der Waals surface area contributed by atoms with Gasteiger partial charge in [-0.2, -0.15) is 0 Å². The van der Waals surface area contributed by atoms with E-state index in [2.05, 4.69) is 4.74 Å². The Balaban J connectivity index is 3.20. The molecule has 0 bridgehead atoms. The zero-order valence-electron chi connectivity index (χ0n) is 7.91. The highest BCUT2D eigenvalue weighted by atomic mass is 16.6. The number of carbonyl (C=O) groups is 1. The molecule has 0 saturated carbocycles. The fraction of sp³-hybridized carbons (Fsp3) is 0.125. The quantitative estimate of drug-likeness (QED) is 0.325. The highest BCUT2D eigenvalue weighted by Gasteiger charge is 2.21. The maximum atomic E-state index is 10.6. The number of benzene rings is 1. The Morgan fingerprint density at radius 3 is 2.73 bits per heavy atom. The van der Waals surface area contributed by atoms with Crippen molar-refractivity contribution in [3.05, 3.63) is 28.3 Å². The van der Waals surface area contributed by atoms with Crippen LogP contribution in [0.5, 0.6) is 5.75 Å². The molecule has 15 heavy (non-hydrogen) atoms. The molecule has 0 aromatic heterocycles. The monoisotopic (exact) mass is 209 g/mol. The first-order chi connectivity index (χ1) is 7.06. The molecule has 0 aliphatic carbocycles. The topological polar surface area (TPSA) is 89.7 Å². The lowest BCUT2D eigenvalue weighted by Gasteiger charge is -2.04. The SMILES string of the molecule is CB(O)c1ccc(OC=O)cc1[N+](=O)[O-]. The third-order valence-electron chi connectivity index (χ3n) is 1.83. The summed E-state index contributed by atoms with van der Waals surface area (Å²) >= 11 is 0. The minimum atomic E-state index is -0.948. The average Bonchev–Trinajstić information content (AvgIpc) is 2.17. The van der Waals surface area contributed by atoms with E-state index < -0.39 is 11.8 Å². The van der Waals surface area contributed by atoms with Gasteiger partial charge in [-0.25, -0.2) is 0 Å². The van der Waals surface area contributed by atoms with Crippen molar-refractivity contribution < 1.29 is 19.5 Å². The normalized spacial score (nSPS) is 9.47. The molecule has 7 heteroatoms. The van der Waals surface area contributed by atoms with Crippen molar-refractivity contribution in [3.63, 3.8) is 0 Å². The van der Waals surface area contributed by atoms with Crippen molar-refractivity contribution >= 4 is 24.5 Å². The molecule has 0 atom stereocenters. The third-order valence-corrected chi connectivity index (χ3v) is 1.83. The van der Waals surface area contributed by atoms with Crippen LogP contribution in [-0.2, 0) is 4.79 Å². The minimum Gasteiger partial charge on any atom is -0.446 e. The molecule has 0 saturated heterocycles. The molecule has 0 amide bonds. The fourth-order valence-electron chi connectivity index (χ4n) is 1.16. The molecule has 0 aliphatic rings. The van der Waals surface area contributed by atoms with Gasteiger partial charge in [-0.1, -0.05) is 12.9 Å². The summed E-state index contributed by atoms with van der Waals surface area (Å²) in [6, 6.07) is 3.82. The summed E-state index contributed by atoms with van der Waals surface area (Å²) < 4.78 is 4.46. The number of rotatable bonds is 4. The second kappa shape index (κ2) is 4.56. The Morgan fingerprint density at radius 1 is 1.60 bits per heavy atom. The molecule has 0 unspecified atom stereocenters. The van der Waals surface area contributed by atoms with E-state index in [0.29, 0.717) is 0 Å². The number of carbonyl (C=O) groups excluding carboxylic acids is 1. The summed E-state index contributed by atoms with van der Waals surface area (Å²) in [7, 11) is 0. The molecule has 6 nitrogen and oxygen atoms in total. The molecule has 0 fully saturated rings. The Morgan fingerprint density at radius 2 is 2.27 bits per heavy atom. The average molecular weight is 209 g/mol. The summed E-state index contributed by atoms with van der Waals surface area (Å²) in [6.45, 7) is 0.652. The first-order valence-corrected chi connectivity index (χ1v) is 4.13. The van der Waals surface area contributed by atoms with E-state index in [4.69, 9.17) is 0 Å². The first-order valence-electron chi connectivity index (χ1n) is 4.13. The summed E-state index contributed by atoms with van der Waals surface area (Å²) in [6.07, 6.45) is 0. The lowest BCUT2D eigenvalue weighted by Crippen LogP contribution is -2.28. The van der Waals surface area contributed by atoms with Crippen LogP contribution < -0.4 is 10.2 Å². The fourth-order valence-corrected chi connectivity index (χ4v) is 1.16. The Kier molecular flexibility index (Phi) is 3.40. The molecule has 1 aromatic rings. The highest BCUT2D eigenvalue weighted by molar-refractivity contribution is 6.66. The summed E-state index contributed by atoms with van der Waals surface area (Å²) in [5.74, 6) is 0.0705. The Hall–Kier alpha value is -1.89. The number of nitrogens with zero attached hydrogens (tertiary/aromatic N) is 1. The van der Waals surface area contributed by atoms with Gasteiger partial charge in [0, 0.05) is 5.46 Å². The van der Waals surface area contributed by atoms with Gasteiger partial charge in [-0.15, -0.1) is 0 Å². The summed E-state index contributed by atoms with van der Waals surface area (Å²) in [5, 5.41) is 19.9. The van der Waals surface area contributed by atoms with Gasteiger partial charge in [0.1, 0.15) is 5.75 Å². The molecule has 1 N–H and O–H groups in total. The smallest absolute Gasteiger partial charge is 0.327 e. The molecular formula is C8H8BNO5. The zero-order chi connectivity index (χ0) is 11.4. The third kappa shape index (κ3) is 2.53. The number of hydrogen-bond donors (Lipinski definition) is 1. The van der Waals surface area contributed by atoms with E-state index in [-0.39, 0.29) is 23.4 Å². The van der Waals surface area contributed by atoms with E-state index in [1.54, 1.807) is 0 Å². The first kappa shape index (κ1) is 11.2. The summed E-state index contributed by atoms with van der Waals surface area (Å²) in [4.78, 5) is 20.0. The van der Waals surface area contributed by atoms with Gasteiger partial charge in [-0.3, -0.25) is 14.9 Å². The number of nitro benzene ring substituents is 1. The standard InChI is InChI=1S/C8H8BNO5/c1-9(12)7-3-2-6(15-5-11)4-8(7)10(13)14/h2-5,12H,1H3. The van der Waals surface area contributed by atoms with Gasteiger partial charge in [-0.05, 0) is 6.07 Å². The van der Waals surface area contributed by atoms with Crippen LogP contribution in [0.1, 0.15) is 0 Å². The van der Waals surface area contributed by atoms with Crippen LogP contribution in [0.15, 0.2) is 18.2 Å². The van der Waals surface area contributed by atoms with Crippen molar-refractivity contribution in [2.24, 2.45) is 0 Å². The Labute approximate surface area is 85.7 Å². The molecular weight excluding hydrogens is 201 g/mol. The van der Waals surface area contributed by atoms with E-state index in [1.807, 2.05) is 0 Å². The lowest BCUT2D eigenvalue weighted by molar-refractivity contribution is -0.383. The van der Waals surface area contributed by atoms with E-state index >= 15 is 0 Å². The van der Waals surface area contributed by atoms with Crippen LogP contribution in [-0.4, -0.2) is 23.3 Å².